The molecule has 0 amide bonds. The van der Waals surface area contributed by atoms with Crippen LogP contribution in [0.2, 0.25) is 20.2 Å². The van der Waals surface area contributed by atoms with Crippen LogP contribution in [-0.4, -0.2) is 27.6 Å². The summed E-state index contributed by atoms with van der Waals surface area (Å²) >= 11 is 22.2. The van der Waals surface area contributed by atoms with Crippen molar-refractivity contribution >= 4 is 58.8 Å². The summed E-state index contributed by atoms with van der Waals surface area (Å²) in [4.78, 5) is 22.3. The molecular weight excluding hydrogens is 304 g/mol. The van der Waals surface area contributed by atoms with Crippen LogP contribution >= 0.6 is 46.4 Å². The van der Waals surface area contributed by atoms with Crippen LogP contribution in [0.15, 0.2) is 0 Å². The van der Waals surface area contributed by atoms with Crippen LogP contribution in [0, 0.1) is 0 Å². The lowest BCUT2D eigenvalue weighted by atomic mass is 10.3. The predicted molar refractivity (Wildman–Crippen MR) is 59.9 cm³/mol. The standard InChI is InChI=1S/C6HCl4NO2.CH2O2/c7-1-2(8)4(6(12)13)11-5(10)3(1)9;2-1-3/h(H,12,13);1H,(H,2,3). The number of pyridine rings is 1. The maximum absolute atomic E-state index is 10.5. The lowest BCUT2D eigenvalue weighted by Gasteiger charge is -2.03. The van der Waals surface area contributed by atoms with Crippen molar-refractivity contribution in [3.8, 4) is 0 Å². The van der Waals surface area contributed by atoms with Crippen LogP contribution in [0.1, 0.15) is 10.5 Å². The number of aromatic carboxylic acids is 1. The van der Waals surface area contributed by atoms with E-state index in [0.29, 0.717) is 0 Å². The Bertz CT molecular complexity index is 423. The number of hydrogen-bond acceptors (Lipinski definition) is 3. The zero-order valence-electron chi connectivity index (χ0n) is 7.25. The third kappa shape index (κ3) is 3.68. The van der Waals surface area contributed by atoms with Crippen molar-refractivity contribution in [2.75, 3.05) is 0 Å². The van der Waals surface area contributed by atoms with Gasteiger partial charge in [-0.05, 0) is 0 Å². The molecule has 5 nitrogen and oxygen atoms in total. The van der Waals surface area contributed by atoms with Crippen LogP contribution in [0.5, 0.6) is 0 Å². The van der Waals surface area contributed by atoms with E-state index in [-0.39, 0.29) is 26.7 Å². The number of hydrogen-bond donors (Lipinski definition) is 2. The molecule has 0 saturated carbocycles. The van der Waals surface area contributed by atoms with Gasteiger partial charge in [0.1, 0.15) is 5.15 Å². The minimum absolute atomic E-state index is 0.0571. The van der Waals surface area contributed by atoms with Crippen molar-refractivity contribution in [2.24, 2.45) is 0 Å². The quantitative estimate of drug-likeness (QED) is 0.615. The van der Waals surface area contributed by atoms with Crippen LogP contribution in [0.25, 0.3) is 0 Å². The van der Waals surface area contributed by atoms with Gasteiger partial charge in [-0.15, -0.1) is 0 Å². The molecule has 1 heterocycles. The van der Waals surface area contributed by atoms with Gasteiger partial charge in [-0.1, -0.05) is 46.4 Å². The molecule has 0 unspecified atom stereocenters. The van der Waals surface area contributed by atoms with E-state index in [2.05, 4.69) is 4.98 Å². The first-order chi connectivity index (χ1) is 7.36. The molecule has 0 saturated heterocycles. The smallest absolute Gasteiger partial charge is 0.356 e. The molecule has 1 aromatic rings. The van der Waals surface area contributed by atoms with Crippen LogP contribution in [-0.2, 0) is 4.79 Å². The second-order valence-corrected chi connectivity index (χ2v) is 3.60. The fourth-order valence-corrected chi connectivity index (χ4v) is 1.44. The maximum Gasteiger partial charge on any atom is 0.356 e. The normalized spacial score (nSPS) is 9.00. The van der Waals surface area contributed by atoms with E-state index in [4.69, 9.17) is 61.4 Å². The zero-order chi connectivity index (χ0) is 12.9. The highest BCUT2D eigenvalue weighted by Crippen LogP contribution is 2.35. The Labute approximate surface area is 110 Å². The first-order valence-electron chi connectivity index (χ1n) is 3.37. The molecule has 0 atom stereocenters. The third-order valence-corrected chi connectivity index (χ3v) is 2.86. The van der Waals surface area contributed by atoms with Gasteiger partial charge in [0.2, 0.25) is 0 Å². The van der Waals surface area contributed by atoms with E-state index in [1.807, 2.05) is 0 Å². The average Bonchev–Trinajstić information content (AvgIpc) is 2.21. The molecule has 1 rings (SSSR count). The molecule has 0 aromatic carbocycles. The number of aromatic nitrogens is 1. The van der Waals surface area contributed by atoms with E-state index < -0.39 is 11.7 Å². The van der Waals surface area contributed by atoms with Gasteiger partial charge in [0, 0.05) is 0 Å². The van der Waals surface area contributed by atoms with Gasteiger partial charge in [-0.3, -0.25) is 4.79 Å². The van der Waals surface area contributed by atoms with Crippen molar-refractivity contribution in [1.29, 1.82) is 0 Å². The molecule has 0 aliphatic carbocycles. The summed E-state index contributed by atoms with van der Waals surface area (Å²) in [5, 5.41) is 14.9. The van der Waals surface area contributed by atoms with E-state index in [1.54, 1.807) is 0 Å². The number of carbonyl (C=O) groups is 2. The Kier molecular flexibility index (Phi) is 6.43. The largest absolute Gasteiger partial charge is 0.483 e. The van der Waals surface area contributed by atoms with Crippen molar-refractivity contribution in [3.05, 3.63) is 25.9 Å². The summed E-state index contributed by atoms with van der Waals surface area (Å²) in [7, 11) is 0. The highest BCUT2D eigenvalue weighted by Gasteiger charge is 2.19. The minimum Gasteiger partial charge on any atom is -0.483 e. The lowest BCUT2D eigenvalue weighted by molar-refractivity contribution is -0.122. The number of carboxylic acid groups (broad SMARTS) is 2. The van der Waals surface area contributed by atoms with E-state index in [0.717, 1.165) is 0 Å². The number of halogens is 4. The van der Waals surface area contributed by atoms with Gasteiger partial charge in [0.05, 0.1) is 15.1 Å². The number of nitrogens with zero attached hydrogens (tertiary/aromatic N) is 1. The molecule has 2 N–H and O–H groups in total. The second-order valence-electron chi connectivity index (χ2n) is 2.10. The highest BCUT2D eigenvalue weighted by molar-refractivity contribution is 6.52. The summed E-state index contributed by atoms with van der Waals surface area (Å²) in [5.41, 5.74) is -0.416. The molecule has 0 fully saturated rings. The molecule has 88 valence electrons. The fraction of sp³-hybridized carbons (Fsp3) is 0. The summed E-state index contributed by atoms with van der Waals surface area (Å²) in [6, 6.07) is 0. The Morgan fingerprint density at radius 2 is 1.56 bits per heavy atom. The molecule has 0 aliphatic heterocycles. The third-order valence-electron chi connectivity index (χ3n) is 1.19. The first-order valence-corrected chi connectivity index (χ1v) is 4.89. The van der Waals surface area contributed by atoms with Crippen LogP contribution in [0.3, 0.4) is 0 Å². The van der Waals surface area contributed by atoms with Gasteiger partial charge >= 0.3 is 5.97 Å². The monoisotopic (exact) mass is 305 g/mol. The van der Waals surface area contributed by atoms with Crippen molar-refractivity contribution in [1.82, 2.24) is 4.98 Å². The van der Waals surface area contributed by atoms with Crippen molar-refractivity contribution in [2.45, 2.75) is 0 Å². The maximum atomic E-state index is 10.5. The molecule has 0 bridgehead atoms. The van der Waals surface area contributed by atoms with Gasteiger partial charge in [0.25, 0.3) is 6.47 Å². The molecule has 0 radical (unpaired) electrons. The number of carboxylic acids is 1. The van der Waals surface area contributed by atoms with Crippen LogP contribution in [0.4, 0.5) is 0 Å². The van der Waals surface area contributed by atoms with Gasteiger partial charge in [0.15, 0.2) is 5.69 Å². The van der Waals surface area contributed by atoms with E-state index in [9.17, 15) is 4.79 Å². The highest BCUT2D eigenvalue weighted by atomic mass is 35.5. The van der Waals surface area contributed by atoms with Gasteiger partial charge < -0.3 is 10.2 Å². The van der Waals surface area contributed by atoms with Crippen LogP contribution < -0.4 is 0 Å². The van der Waals surface area contributed by atoms with Crippen molar-refractivity contribution < 1.29 is 19.8 Å². The van der Waals surface area contributed by atoms with E-state index in [1.165, 1.54) is 0 Å². The Hall–Kier alpha value is -0.750. The molecule has 16 heavy (non-hydrogen) atoms. The zero-order valence-corrected chi connectivity index (χ0v) is 10.3. The van der Waals surface area contributed by atoms with Crippen molar-refractivity contribution in [3.63, 3.8) is 0 Å². The Morgan fingerprint density at radius 3 is 1.94 bits per heavy atom. The summed E-state index contributed by atoms with van der Waals surface area (Å²) in [6.07, 6.45) is 0. The predicted octanol–water partition coefficient (Wildman–Crippen LogP) is 3.09. The molecule has 0 spiro atoms. The van der Waals surface area contributed by atoms with Gasteiger partial charge in [-0.25, -0.2) is 9.78 Å². The number of rotatable bonds is 1. The SMILES string of the molecule is O=C(O)c1nc(Cl)c(Cl)c(Cl)c1Cl.O=CO. The minimum atomic E-state index is -1.31. The summed E-state index contributed by atoms with van der Waals surface area (Å²) < 4.78 is 0. The molecule has 1 aromatic heterocycles. The Morgan fingerprint density at radius 1 is 1.12 bits per heavy atom. The summed E-state index contributed by atoms with van der Waals surface area (Å²) in [6.45, 7) is -0.250. The van der Waals surface area contributed by atoms with Gasteiger partial charge in [-0.2, -0.15) is 0 Å². The molecule has 9 heteroatoms. The first kappa shape index (κ1) is 15.2. The summed E-state index contributed by atoms with van der Waals surface area (Å²) in [5.74, 6) is -1.31. The average molecular weight is 307 g/mol. The molecule has 0 aliphatic rings. The Balaban J connectivity index is 0.000000673. The van der Waals surface area contributed by atoms with E-state index >= 15 is 0 Å². The second kappa shape index (κ2) is 6.75. The molecular formula is C7H3Cl4NO4. The fourth-order valence-electron chi connectivity index (χ4n) is 0.629. The topological polar surface area (TPSA) is 87.5 Å². The lowest BCUT2D eigenvalue weighted by Crippen LogP contribution is -2.02.